The van der Waals surface area contributed by atoms with Gasteiger partial charge in [-0.2, -0.15) is 0 Å². The van der Waals surface area contributed by atoms with Crippen LogP contribution in [0.2, 0.25) is 5.02 Å². The number of carbonyl (C=O) groups is 1. The number of amides is 1. The lowest BCUT2D eigenvalue weighted by Gasteiger charge is -2.15. The Morgan fingerprint density at radius 2 is 2.27 bits per heavy atom. The molecule has 82 valence electrons. The molecule has 0 heterocycles. The Labute approximate surface area is 93.2 Å². The van der Waals surface area contributed by atoms with Crippen LogP contribution < -0.4 is 5.73 Å². The first kappa shape index (κ1) is 11.8. The van der Waals surface area contributed by atoms with E-state index < -0.39 is 0 Å². The Morgan fingerprint density at radius 3 is 2.80 bits per heavy atom. The predicted molar refractivity (Wildman–Crippen MR) is 59.9 cm³/mol. The van der Waals surface area contributed by atoms with Gasteiger partial charge in [0.2, 0.25) is 0 Å². The number of nitrogen functional groups attached to an aromatic ring is 1. The number of halogens is 1. The van der Waals surface area contributed by atoms with Gasteiger partial charge in [0.1, 0.15) is 0 Å². The van der Waals surface area contributed by atoms with E-state index in [0.29, 0.717) is 22.8 Å². The predicted octanol–water partition coefficient (Wildman–Crippen LogP) is 0.987. The SMILES string of the molecule is CN(CCO)C(=O)c1ccc(N)c(Cl)c1. The second kappa shape index (κ2) is 5.00. The maximum absolute atomic E-state index is 11.7. The zero-order valence-corrected chi connectivity index (χ0v) is 9.16. The molecule has 0 spiro atoms. The van der Waals surface area contributed by atoms with Crippen molar-refractivity contribution < 1.29 is 9.90 Å². The second-order valence-corrected chi connectivity index (χ2v) is 3.59. The highest BCUT2D eigenvalue weighted by Crippen LogP contribution is 2.20. The van der Waals surface area contributed by atoms with Crippen molar-refractivity contribution in [1.29, 1.82) is 0 Å². The summed E-state index contributed by atoms with van der Waals surface area (Å²) in [6.07, 6.45) is 0. The molecule has 0 atom stereocenters. The Morgan fingerprint density at radius 1 is 1.60 bits per heavy atom. The maximum atomic E-state index is 11.7. The highest BCUT2D eigenvalue weighted by Gasteiger charge is 2.11. The van der Waals surface area contributed by atoms with Gasteiger partial charge < -0.3 is 15.7 Å². The van der Waals surface area contributed by atoms with Crippen LogP contribution in [0, 0.1) is 0 Å². The molecule has 0 fully saturated rings. The summed E-state index contributed by atoms with van der Waals surface area (Å²) in [5, 5.41) is 9.05. The molecule has 3 N–H and O–H groups in total. The fourth-order valence-corrected chi connectivity index (χ4v) is 1.31. The van der Waals surface area contributed by atoms with E-state index in [4.69, 9.17) is 22.4 Å². The molecular formula is C10H13ClN2O2. The number of rotatable bonds is 3. The summed E-state index contributed by atoms with van der Waals surface area (Å²) < 4.78 is 0. The van der Waals surface area contributed by atoms with E-state index in [1.165, 1.54) is 11.0 Å². The zero-order chi connectivity index (χ0) is 11.4. The molecular weight excluding hydrogens is 216 g/mol. The number of nitrogens with zero attached hydrogens (tertiary/aromatic N) is 1. The third-order valence-corrected chi connectivity index (χ3v) is 2.36. The summed E-state index contributed by atoms with van der Waals surface area (Å²) in [7, 11) is 1.61. The van der Waals surface area contributed by atoms with Gasteiger partial charge in [-0.15, -0.1) is 0 Å². The number of nitrogens with two attached hydrogens (primary N) is 1. The van der Waals surface area contributed by atoms with E-state index in [0.717, 1.165) is 0 Å². The van der Waals surface area contributed by atoms with Gasteiger partial charge in [0.25, 0.3) is 5.91 Å². The summed E-state index contributed by atoms with van der Waals surface area (Å²) >= 11 is 5.79. The fraction of sp³-hybridized carbons (Fsp3) is 0.300. The van der Waals surface area contributed by atoms with Crippen molar-refractivity contribution in [3.05, 3.63) is 28.8 Å². The standard InChI is InChI=1S/C10H13ClN2O2/c1-13(4-5-14)10(15)7-2-3-9(12)8(11)6-7/h2-3,6,14H,4-5,12H2,1H3. The third-order valence-electron chi connectivity index (χ3n) is 2.03. The number of aliphatic hydroxyl groups is 1. The quantitative estimate of drug-likeness (QED) is 0.759. The molecule has 0 saturated heterocycles. The molecule has 0 aliphatic carbocycles. The molecule has 5 heteroatoms. The van der Waals surface area contributed by atoms with E-state index in [2.05, 4.69) is 0 Å². The van der Waals surface area contributed by atoms with Crippen LogP contribution >= 0.6 is 11.6 Å². The fourth-order valence-electron chi connectivity index (χ4n) is 1.13. The molecule has 0 bridgehead atoms. The average Bonchev–Trinajstić information content (AvgIpc) is 2.21. The van der Waals surface area contributed by atoms with E-state index in [1.54, 1.807) is 19.2 Å². The first-order chi connectivity index (χ1) is 7.06. The number of carbonyl (C=O) groups excluding carboxylic acids is 1. The smallest absolute Gasteiger partial charge is 0.253 e. The topological polar surface area (TPSA) is 66.6 Å². The normalized spacial score (nSPS) is 10.1. The first-order valence-electron chi connectivity index (χ1n) is 4.47. The van der Waals surface area contributed by atoms with E-state index in [1.807, 2.05) is 0 Å². The highest BCUT2D eigenvalue weighted by molar-refractivity contribution is 6.33. The average molecular weight is 229 g/mol. The number of benzene rings is 1. The molecule has 0 aromatic heterocycles. The van der Waals surface area contributed by atoms with Gasteiger partial charge >= 0.3 is 0 Å². The van der Waals surface area contributed by atoms with Crippen molar-refractivity contribution in [3.63, 3.8) is 0 Å². The van der Waals surface area contributed by atoms with Crippen molar-refractivity contribution in [2.75, 3.05) is 25.9 Å². The van der Waals surface area contributed by atoms with Crippen LogP contribution in [-0.2, 0) is 0 Å². The van der Waals surface area contributed by atoms with Gasteiger partial charge in [0, 0.05) is 19.2 Å². The molecule has 0 unspecified atom stereocenters. The summed E-state index contributed by atoms with van der Waals surface area (Å²) in [5.74, 6) is -0.189. The van der Waals surface area contributed by atoms with Crippen LogP contribution in [0.3, 0.4) is 0 Å². The van der Waals surface area contributed by atoms with Crippen LogP contribution in [-0.4, -0.2) is 36.1 Å². The molecule has 1 aromatic carbocycles. The van der Waals surface area contributed by atoms with Crippen molar-refractivity contribution in [2.45, 2.75) is 0 Å². The summed E-state index contributed by atoms with van der Waals surface area (Å²) in [5.41, 5.74) is 6.43. The molecule has 0 radical (unpaired) electrons. The maximum Gasteiger partial charge on any atom is 0.253 e. The van der Waals surface area contributed by atoms with E-state index in [-0.39, 0.29) is 12.5 Å². The van der Waals surface area contributed by atoms with Crippen LogP contribution in [0.25, 0.3) is 0 Å². The van der Waals surface area contributed by atoms with Crippen molar-refractivity contribution in [3.8, 4) is 0 Å². The zero-order valence-electron chi connectivity index (χ0n) is 8.40. The number of hydrogen-bond acceptors (Lipinski definition) is 3. The minimum Gasteiger partial charge on any atom is -0.398 e. The van der Waals surface area contributed by atoms with Gasteiger partial charge in [-0.1, -0.05) is 11.6 Å². The monoisotopic (exact) mass is 228 g/mol. The Hall–Kier alpha value is -1.26. The lowest BCUT2D eigenvalue weighted by atomic mass is 10.2. The van der Waals surface area contributed by atoms with Crippen molar-refractivity contribution in [1.82, 2.24) is 4.90 Å². The van der Waals surface area contributed by atoms with Crippen LogP contribution in [0.1, 0.15) is 10.4 Å². The Balaban J connectivity index is 2.87. The van der Waals surface area contributed by atoms with Gasteiger partial charge in [-0.3, -0.25) is 4.79 Å². The van der Waals surface area contributed by atoms with Crippen molar-refractivity contribution >= 4 is 23.2 Å². The van der Waals surface area contributed by atoms with Crippen LogP contribution in [0.15, 0.2) is 18.2 Å². The van der Waals surface area contributed by atoms with Gasteiger partial charge in [-0.05, 0) is 18.2 Å². The summed E-state index contributed by atoms with van der Waals surface area (Å²) in [4.78, 5) is 13.1. The molecule has 4 nitrogen and oxygen atoms in total. The van der Waals surface area contributed by atoms with Gasteiger partial charge in [-0.25, -0.2) is 0 Å². The van der Waals surface area contributed by atoms with Gasteiger partial charge in [0.15, 0.2) is 0 Å². The number of likely N-dealkylation sites (N-methyl/N-ethyl adjacent to an activating group) is 1. The molecule has 1 rings (SSSR count). The Bertz CT molecular complexity index is 368. The van der Waals surface area contributed by atoms with E-state index in [9.17, 15) is 4.79 Å². The number of hydrogen-bond donors (Lipinski definition) is 2. The summed E-state index contributed by atoms with van der Waals surface area (Å²) in [6, 6.07) is 4.72. The van der Waals surface area contributed by atoms with Crippen LogP contribution in [0.4, 0.5) is 5.69 Å². The molecule has 1 amide bonds. The van der Waals surface area contributed by atoms with Crippen LogP contribution in [0.5, 0.6) is 0 Å². The molecule has 1 aromatic rings. The molecule has 0 aliphatic rings. The minimum absolute atomic E-state index is 0.0645. The Kier molecular flexibility index (Phi) is 3.94. The summed E-state index contributed by atoms with van der Waals surface area (Å²) in [6.45, 7) is 0.228. The first-order valence-corrected chi connectivity index (χ1v) is 4.85. The van der Waals surface area contributed by atoms with Crippen molar-refractivity contribution in [2.24, 2.45) is 0 Å². The third kappa shape index (κ3) is 2.84. The molecule has 0 saturated carbocycles. The second-order valence-electron chi connectivity index (χ2n) is 3.19. The van der Waals surface area contributed by atoms with Gasteiger partial charge in [0.05, 0.1) is 17.3 Å². The van der Waals surface area contributed by atoms with E-state index >= 15 is 0 Å². The largest absolute Gasteiger partial charge is 0.398 e. The lowest BCUT2D eigenvalue weighted by Crippen LogP contribution is -2.29. The lowest BCUT2D eigenvalue weighted by molar-refractivity contribution is 0.0767. The molecule has 15 heavy (non-hydrogen) atoms. The number of anilines is 1. The number of aliphatic hydroxyl groups excluding tert-OH is 1. The highest BCUT2D eigenvalue weighted by atomic mass is 35.5. The molecule has 0 aliphatic heterocycles. The minimum atomic E-state index is -0.189.